The molecule has 0 saturated carbocycles. The quantitative estimate of drug-likeness (QED) is 0.911. The van der Waals surface area contributed by atoms with Crippen LogP contribution in [-0.4, -0.2) is 34.0 Å². The summed E-state index contributed by atoms with van der Waals surface area (Å²) in [6.45, 7) is 1.94. The SMILES string of the molecule is O=C(Nc1ccc(Cl)cc1)c1cn(C2CCNCC2)nn1. The number of hydrogen-bond acceptors (Lipinski definition) is 4. The summed E-state index contributed by atoms with van der Waals surface area (Å²) in [5, 5.41) is 14.7. The van der Waals surface area contributed by atoms with E-state index in [2.05, 4.69) is 20.9 Å². The van der Waals surface area contributed by atoms with Gasteiger partial charge < -0.3 is 10.6 Å². The number of benzene rings is 1. The Balaban J connectivity index is 1.67. The first-order valence-corrected chi connectivity index (χ1v) is 7.29. The minimum absolute atomic E-state index is 0.266. The molecule has 21 heavy (non-hydrogen) atoms. The molecule has 2 aromatic rings. The van der Waals surface area contributed by atoms with E-state index >= 15 is 0 Å². The molecule has 0 atom stereocenters. The van der Waals surface area contributed by atoms with Crippen LogP contribution in [0.5, 0.6) is 0 Å². The second kappa shape index (κ2) is 6.24. The van der Waals surface area contributed by atoms with Crippen molar-refractivity contribution in [2.45, 2.75) is 18.9 Å². The maximum Gasteiger partial charge on any atom is 0.277 e. The number of anilines is 1. The average Bonchev–Trinajstić information content (AvgIpc) is 3.00. The molecule has 1 aliphatic rings. The fraction of sp³-hybridized carbons (Fsp3) is 0.357. The molecule has 2 N–H and O–H groups in total. The molecule has 2 heterocycles. The smallest absolute Gasteiger partial charge is 0.277 e. The zero-order valence-corrected chi connectivity index (χ0v) is 12.2. The van der Waals surface area contributed by atoms with Gasteiger partial charge >= 0.3 is 0 Å². The van der Waals surface area contributed by atoms with E-state index in [4.69, 9.17) is 11.6 Å². The van der Waals surface area contributed by atoms with Crippen LogP contribution in [0.1, 0.15) is 29.4 Å². The van der Waals surface area contributed by atoms with Crippen molar-refractivity contribution in [3.05, 3.63) is 41.2 Å². The predicted molar refractivity (Wildman–Crippen MR) is 80.6 cm³/mol. The summed E-state index contributed by atoms with van der Waals surface area (Å²) in [4.78, 5) is 12.1. The van der Waals surface area contributed by atoms with Crippen LogP contribution in [0.15, 0.2) is 30.5 Å². The molecular formula is C14H16ClN5O. The van der Waals surface area contributed by atoms with E-state index in [-0.39, 0.29) is 5.91 Å². The van der Waals surface area contributed by atoms with Gasteiger partial charge in [0, 0.05) is 10.7 Å². The lowest BCUT2D eigenvalue weighted by Crippen LogP contribution is -2.29. The molecule has 1 fully saturated rings. The van der Waals surface area contributed by atoms with Gasteiger partial charge in [-0.25, -0.2) is 4.68 Å². The summed E-state index contributed by atoms with van der Waals surface area (Å²) >= 11 is 5.81. The Kier molecular flexibility index (Phi) is 4.17. The maximum absolute atomic E-state index is 12.1. The topological polar surface area (TPSA) is 71.8 Å². The van der Waals surface area contributed by atoms with E-state index in [1.54, 1.807) is 35.1 Å². The number of piperidine rings is 1. The van der Waals surface area contributed by atoms with E-state index in [0.717, 1.165) is 25.9 Å². The third kappa shape index (κ3) is 3.40. The molecule has 0 aliphatic carbocycles. The van der Waals surface area contributed by atoms with Gasteiger partial charge in [-0.15, -0.1) is 5.10 Å². The second-order valence-corrected chi connectivity index (χ2v) is 5.46. The van der Waals surface area contributed by atoms with Crippen LogP contribution in [0.3, 0.4) is 0 Å². The Bertz CT molecular complexity index is 619. The Hall–Kier alpha value is -1.92. The summed E-state index contributed by atoms with van der Waals surface area (Å²) in [6, 6.07) is 7.26. The third-order valence-corrected chi connectivity index (χ3v) is 3.78. The van der Waals surface area contributed by atoms with E-state index in [9.17, 15) is 4.79 Å². The highest BCUT2D eigenvalue weighted by atomic mass is 35.5. The number of carbonyl (C=O) groups is 1. The van der Waals surface area contributed by atoms with Crippen molar-refractivity contribution in [2.75, 3.05) is 18.4 Å². The lowest BCUT2D eigenvalue weighted by Gasteiger charge is -2.22. The molecule has 0 unspecified atom stereocenters. The fourth-order valence-electron chi connectivity index (χ4n) is 2.36. The van der Waals surface area contributed by atoms with Crippen LogP contribution in [0.25, 0.3) is 0 Å². The van der Waals surface area contributed by atoms with Crippen LogP contribution >= 0.6 is 11.6 Å². The number of aromatic nitrogens is 3. The molecule has 3 rings (SSSR count). The average molecular weight is 306 g/mol. The van der Waals surface area contributed by atoms with E-state index < -0.39 is 0 Å². The molecule has 1 aromatic heterocycles. The van der Waals surface area contributed by atoms with Gasteiger partial charge in [0.15, 0.2) is 5.69 Å². The van der Waals surface area contributed by atoms with Gasteiger partial charge in [-0.2, -0.15) is 0 Å². The van der Waals surface area contributed by atoms with Crippen molar-refractivity contribution >= 4 is 23.2 Å². The first kappa shape index (κ1) is 14.0. The number of amides is 1. The van der Waals surface area contributed by atoms with Gasteiger partial charge in [-0.1, -0.05) is 16.8 Å². The molecule has 0 radical (unpaired) electrons. The summed E-state index contributed by atoms with van der Waals surface area (Å²) in [7, 11) is 0. The van der Waals surface area contributed by atoms with E-state index in [1.807, 2.05) is 0 Å². The fourth-order valence-corrected chi connectivity index (χ4v) is 2.48. The highest BCUT2D eigenvalue weighted by Gasteiger charge is 2.18. The second-order valence-electron chi connectivity index (χ2n) is 5.03. The summed E-state index contributed by atoms with van der Waals surface area (Å²) < 4.78 is 1.79. The highest BCUT2D eigenvalue weighted by molar-refractivity contribution is 6.30. The standard InChI is InChI=1S/C14H16ClN5O/c15-10-1-3-11(4-2-10)17-14(21)13-9-20(19-18-13)12-5-7-16-8-6-12/h1-4,9,12,16H,5-8H2,(H,17,21). The first-order chi connectivity index (χ1) is 10.2. The van der Waals surface area contributed by atoms with Crippen molar-refractivity contribution < 1.29 is 4.79 Å². The van der Waals surface area contributed by atoms with Gasteiger partial charge in [0.1, 0.15) is 0 Å². The summed E-state index contributed by atoms with van der Waals surface area (Å²) in [5.41, 5.74) is 1.00. The molecule has 0 bridgehead atoms. The number of rotatable bonds is 3. The Morgan fingerprint density at radius 2 is 2.00 bits per heavy atom. The molecule has 110 valence electrons. The molecule has 1 saturated heterocycles. The lowest BCUT2D eigenvalue weighted by atomic mass is 10.1. The maximum atomic E-state index is 12.1. The number of nitrogens with one attached hydrogen (secondary N) is 2. The van der Waals surface area contributed by atoms with Crippen molar-refractivity contribution in [2.24, 2.45) is 0 Å². The zero-order chi connectivity index (χ0) is 14.7. The third-order valence-electron chi connectivity index (χ3n) is 3.53. The van der Waals surface area contributed by atoms with Gasteiger partial charge in [0.25, 0.3) is 5.91 Å². The number of hydrogen-bond donors (Lipinski definition) is 2. The molecule has 6 nitrogen and oxygen atoms in total. The number of carbonyl (C=O) groups excluding carboxylic acids is 1. The predicted octanol–water partition coefficient (Wildman–Crippen LogP) is 2.11. The number of halogens is 1. The summed E-state index contributed by atoms with van der Waals surface area (Å²) in [6.07, 6.45) is 3.71. The van der Waals surface area contributed by atoms with Crippen molar-refractivity contribution in [3.63, 3.8) is 0 Å². The van der Waals surface area contributed by atoms with E-state index in [1.165, 1.54) is 0 Å². The lowest BCUT2D eigenvalue weighted by molar-refractivity contribution is 0.102. The van der Waals surface area contributed by atoms with Gasteiger partial charge in [0.05, 0.1) is 12.2 Å². The normalized spacial score (nSPS) is 15.9. The van der Waals surface area contributed by atoms with Crippen molar-refractivity contribution in [1.82, 2.24) is 20.3 Å². The minimum Gasteiger partial charge on any atom is -0.321 e. The monoisotopic (exact) mass is 305 g/mol. The van der Waals surface area contributed by atoms with E-state index in [0.29, 0.717) is 22.4 Å². The van der Waals surface area contributed by atoms with Gasteiger partial charge in [0.2, 0.25) is 0 Å². The van der Waals surface area contributed by atoms with Crippen LogP contribution in [-0.2, 0) is 0 Å². The van der Waals surface area contributed by atoms with Gasteiger partial charge in [-0.05, 0) is 50.2 Å². The molecule has 1 aromatic carbocycles. The van der Waals surface area contributed by atoms with Crippen molar-refractivity contribution in [1.29, 1.82) is 0 Å². The van der Waals surface area contributed by atoms with Crippen molar-refractivity contribution in [3.8, 4) is 0 Å². The molecule has 1 amide bonds. The highest BCUT2D eigenvalue weighted by Crippen LogP contribution is 2.18. The minimum atomic E-state index is -0.266. The Morgan fingerprint density at radius 3 is 2.71 bits per heavy atom. The molecule has 1 aliphatic heterocycles. The molecular weight excluding hydrogens is 290 g/mol. The summed E-state index contributed by atoms with van der Waals surface area (Å²) in [5.74, 6) is -0.266. The van der Waals surface area contributed by atoms with Crippen LogP contribution in [0, 0.1) is 0 Å². The van der Waals surface area contributed by atoms with Crippen LogP contribution in [0.2, 0.25) is 5.02 Å². The van der Waals surface area contributed by atoms with Gasteiger partial charge in [-0.3, -0.25) is 4.79 Å². The first-order valence-electron chi connectivity index (χ1n) is 6.92. The Labute approximate surface area is 127 Å². The Morgan fingerprint density at radius 1 is 1.29 bits per heavy atom. The van der Waals surface area contributed by atoms with Crippen LogP contribution < -0.4 is 10.6 Å². The molecule has 0 spiro atoms. The van der Waals surface area contributed by atoms with Crippen LogP contribution in [0.4, 0.5) is 5.69 Å². The number of nitrogens with zero attached hydrogens (tertiary/aromatic N) is 3. The largest absolute Gasteiger partial charge is 0.321 e. The zero-order valence-electron chi connectivity index (χ0n) is 11.4. The molecule has 7 heteroatoms.